The Bertz CT molecular complexity index is 1190. The Morgan fingerprint density at radius 3 is 2.45 bits per heavy atom. The third kappa shape index (κ3) is 5.68. The molecule has 0 fully saturated rings. The molecule has 5 nitrogen and oxygen atoms in total. The minimum absolute atomic E-state index is 0.150. The summed E-state index contributed by atoms with van der Waals surface area (Å²) in [6.07, 6.45) is 2.80. The molecule has 0 aliphatic heterocycles. The molecule has 1 atom stereocenters. The molecule has 1 aromatic heterocycles. The molecule has 31 heavy (non-hydrogen) atoms. The molecule has 0 aliphatic rings. The van der Waals surface area contributed by atoms with Gasteiger partial charge in [0.1, 0.15) is 11.6 Å². The van der Waals surface area contributed by atoms with Crippen LogP contribution in [-0.2, 0) is 5.41 Å². The van der Waals surface area contributed by atoms with E-state index in [4.69, 9.17) is 9.72 Å². The Labute approximate surface area is 218 Å². The molecule has 8 heteroatoms. The molecule has 1 heterocycles. The van der Waals surface area contributed by atoms with E-state index in [1.807, 2.05) is 45.0 Å². The van der Waals surface area contributed by atoms with Crippen molar-refractivity contribution in [3.8, 4) is 5.75 Å². The lowest BCUT2D eigenvalue weighted by Gasteiger charge is -2.21. The first kappa shape index (κ1) is 24.6. The van der Waals surface area contributed by atoms with Gasteiger partial charge in [-0.25, -0.2) is 4.98 Å². The Morgan fingerprint density at radius 1 is 1.23 bits per heavy atom. The number of rotatable bonds is 5. The van der Waals surface area contributed by atoms with Crippen molar-refractivity contribution in [2.45, 2.75) is 52.6 Å². The van der Waals surface area contributed by atoms with Crippen molar-refractivity contribution < 1.29 is 4.74 Å². The van der Waals surface area contributed by atoms with E-state index >= 15 is 0 Å². The Morgan fingerprint density at radius 2 is 1.87 bits per heavy atom. The highest BCUT2D eigenvalue weighted by molar-refractivity contribution is 14.1. The lowest BCUT2D eigenvalue weighted by molar-refractivity contribution is 0.214. The van der Waals surface area contributed by atoms with Gasteiger partial charge in [0.15, 0.2) is 0 Å². The normalized spacial score (nSPS) is 13.2. The van der Waals surface area contributed by atoms with E-state index in [-0.39, 0.29) is 17.1 Å². The number of hydrogen-bond acceptors (Lipinski definition) is 4. The van der Waals surface area contributed by atoms with Gasteiger partial charge in [-0.3, -0.25) is 4.79 Å². The standard InChI is InChI=1S/C23H24BrI2N3O2/c1-6-13(2)31-20-17(25)9-14(10-18(20)26)12-27-29-21(30)16-11-15(24)7-8-19(16)28-22(29)23(3,4)5/h7-13H,6H2,1-5H3/t13-/m0/s1. The van der Waals surface area contributed by atoms with Crippen molar-refractivity contribution in [3.63, 3.8) is 0 Å². The summed E-state index contributed by atoms with van der Waals surface area (Å²) in [5.74, 6) is 1.50. The molecule has 2 aromatic carbocycles. The molecule has 0 saturated heterocycles. The Balaban J connectivity index is 2.10. The van der Waals surface area contributed by atoms with Gasteiger partial charge in [0.25, 0.3) is 5.56 Å². The van der Waals surface area contributed by atoms with E-state index in [2.05, 4.69) is 80.1 Å². The van der Waals surface area contributed by atoms with Crippen LogP contribution >= 0.6 is 61.1 Å². The molecule has 0 aliphatic carbocycles. The largest absolute Gasteiger partial charge is 0.489 e. The van der Waals surface area contributed by atoms with E-state index in [1.165, 1.54) is 4.68 Å². The van der Waals surface area contributed by atoms with E-state index in [9.17, 15) is 4.79 Å². The molecule has 0 radical (unpaired) electrons. The molecule has 164 valence electrons. The van der Waals surface area contributed by atoms with Gasteiger partial charge in [-0.05, 0) is 94.4 Å². The van der Waals surface area contributed by atoms with E-state index in [0.717, 1.165) is 29.3 Å². The number of hydrogen-bond donors (Lipinski definition) is 0. The third-order valence-corrected chi connectivity index (χ3v) is 6.81. The van der Waals surface area contributed by atoms with Crippen molar-refractivity contribution in [2.75, 3.05) is 0 Å². The van der Waals surface area contributed by atoms with Crippen LogP contribution in [0.2, 0.25) is 0 Å². The fourth-order valence-electron chi connectivity index (χ4n) is 2.92. The molecular weight excluding hydrogens is 684 g/mol. The van der Waals surface area contributed by atoms with Crippen LogP contribution in [0.25, 0.3) is 10.9 Å². The number of fused-ring (bicyclic) bond motifs is 1. The number of benzene rings is 2. The number of nitrogens with zero attached hydrogens (tertiary/aromatic N) is 3. The number of aromatic nitrogens is 2. The molecule has 3 aromatic rings. The average Bonchev–Trinajstić information content (AvgIpc) is 2.69. The molecule has 0 unspecified atom stereocenters. The quantitative estimate of drug-likeness (QED) is 0.219. The minimum atomic E-state index is -0.353. The zero-order chi connectivity index (χ0) is 22.9. The molecule has 0 bridgehead atoms. The van der Waals surface area contributed by atoms with Gasteiger partial charge in [0.2, 0.25) is 0 Å². The van der Waals surface area contributed by atoms with E-state index in [0.29, 0.717) is 16.7 Å². The minimum Gasteiger partial charge on any atom is -0.489 e. The fraction of sp³-hybridized carbons (Fsp3) is 0.348. The number of ether oxygens (including phenoxy) is 1. The Hall–Kier alpha value is -1.01. The lowest BCUT2D eigenvalue weighted by Crippen LogP contribution is -2.29. The van der Waals surface area contributed by atoms with Crippen LogP contribution in [-0.4, -0.2) is 22.0 Å². The van der Waals surface area contributed by atoms with Gasteiger partial charge in [-0.1, -0.05) is 43.6 Å². The van der Waals surface area contributed by atoms with Crippen LogP contribution in [0, 0.1) is 7.14 Å². The maximum Gasteiger partial charge on any atom is 0.282 e. The van der Waals surface area contributed by atoms with Crippen LogP contribution in [0.4, 0.5) is 0 Å². The van der Waals surface area contributed by atoms with Gasteiger partial charge < -0.3 is 4.74 Å². The van der Waals surface area contributed by atoms with Gasteiger partial charge in [0.05, 0.1) is 30.4 Å². The summed E-state index contributed by atoms with van der Waals surface area (Å²) in [4.78, 5) is 18.0. The van der Waals surface area contributed by atoms with Gasteiger partial charge in [-0.2, -0.15) is 9.78 Å². The van der Waals surface area contributed by atoms with Gasteiger partial charge >= 0.3 is 0 Å². The van der Waals surface area contributed by atoms with Gasteiger partial charge in [0, 0.05) is 9.89 Å². The summed E-state index contributed by atoms with van der Waals surface area (Å²) in [5.41, 5.74) is 1.02. The second-order valence-electron chi connectivity index (χ2n) is 8.36. The van der Waals surface area contributed by atoms with Crippen molar-refractivity contribution in [2.24, 2.45) is 5.10 Å². The van der Waals surface area contributed by atoms with Crippen molar-refractivity contribution in [3.05, 3.63) is 63.7 Å². The van der Waals surface area contributed by atoms with E-state index < -0.39 is 0 Å². The van der Waals surface area contributed by atoms with Crippen LogP contribution in [0.5, 0.6) is 5.75 Å². The molecule has 0 amide bonds. The van der Waals surface area contributed by atoms with Crippen molar-refractivity contribution in [1.82, 2.24) is 9.66 Å². The zero-order valence-corrected chi connectivity index (χ0v) is 23.9. The highest BCUT2D eigenvalue weighted by atomic mass is 127. The van der Waals surface area contributed by atoms with Crippen LogP contribution < -0.4 is 10.3 Å². The first-order chi connectivity index (χ1) is 14.5. The second-order valence-corrected chi connectivity index (χ2v) is 11.6. The first-order valence-corrected chi connectivity index (χ1v) is 12.9. The summed E-state index contributed by atoms with van der Waals surface area (Å²) in [5, 5.41) is 5.09. The van der Waals surface area contributed by atoms with Crippen molar-refractivity contribution in [1.29, 1.82) is 0 Å². The summed E-state index contributed by atoms with van der Waals surface area (Å²) in [6.45, 7) is 10.2. The van der Waals surface area contributed by atoms with E-state index in [1.54, 1.807) is 12.3 Å². The second kappa shape index (κ2) is 9.86. The van der Waals surface area contributed by atoms with Crippen LogP contribution in [0.3, 0.4) is 0 Å². The first-order valence-electron chi connectivity index (χ1n) is 9.94. The topological polar surface area (TPSA) is 56.5 Å². The van der Waals surface area contributed by atoms with Crippen LogP contribution in [0.1, 0.15) is 52.4 Å². The predicted molar refractivity (Wildman–Crippen MR) is 148 cm³/mol. The highest BCUT2D eigenvalue weighted by Gasteiger charge is 2.23. The number of halogens is 3. The maximum absolute atomic E-state index is 13.3. The van der Waals surface area contributed by atoms with Gasteiger partial charge in [-0.15, -0.1) is 0 Å². The highest BCUT2D eigenvalue weighted by Crippen LogP contribution is 2.30. The van der Waals surface area contributed by atoms with Crippen LogP contribution in [0.15, 0.2) is 44.7 Å². The lowest BCUT2D eigenvalue weighted by atomic mass is 9.95. The summed E-state index contributed by atoms with van der Waals surface area (Å²) >= 11 is 8.00. The average molecular weight is 708 g/mol. The summed E-state index contributed by atoms with van der Waals surface area (Å²) < 4.78 is 10.3. The van der Waals surface area contributed by atoms with Crippen molar-refractivity contribution >= 4 is 78.2 Å². The molecule has 0 N–H and O–H groups in total. The summed E-state index contributed by atoms with van der Waals surface area (Å²) in [6, 6.07) is 9.55. The molecule has 0 saturated carbocycles. The predicted octanol–water partition coefficient (Wildman–Crippen LogP) is 6.73. The smallest absolute Gasteiger partial charge is 0.282 e. The molecule has 3 rings (SSSR count). The summed E-state index contributed by atoms with van der Waals surface area (Å²) in [7, 11) is 0. The Kier molecular flexibility index (Phi) is 7.83. The monoisotopic (exact) mass is 707 g/mol. The SMILES string of the molecule is CC[C@H](C)Oc1c(I)cc(C=Nn2c(C(C)(C)C)nc3ccc(Br)cc3c2=O)cc1I. The molecule has 0 spiro atoms. The zero-order valence-electron chi connectivity index (χ0n) is 18.0. The molecular formula is C23H24BrI2N3O2. The third-order valence-electron chi connectivity index (χ3n) is 4.72. The maximum atomic E-state index is 13.3. The fourth-order valence-corrected chi connectivity index (χ4v) is 5.35.